The van der Waals surface area contributed by atoms with Crippen molar-refractivity contribution in [1.29, 1.82) is 0 Å². The van der Waals surface area contributed by atoms with Crippen LogP contribution in [-0.4, -0.2) is 36.7 Å². The maximum Gasteiger partial charge on any atom is 0.573 e. The van der Waals surface area contributed by atoms with Crippen LogP contribution >= 0.6 is 11.8 Å². The van der Waals surface area contributed by atoms with E-state index in [0.717, 1.165) is 11.1 Å². The molecule has 0 aliphatic heterocycles. The second-order valence-electron chi connectivity index (χ2n) is 6.03. The molecule has 154 valence electrons. The van der Waals surface area contributed by atoms with Gasteiger partial charge in [0.1, 0.15) is 5.75 Å². The number of ether oxygens (including phenoxy) is 1. The van der Waals surface area contributed by atoms with Gasteiger partial charge in [-0.1, -0.05) is 41.2 Å². The Bertz CT molecular complexity index is 1140. The fraction of sp³-hybridized carbons (Fsp3) is 0.167. The summed E-state index contributed by atoms with van der Waals surface area (Å²) in [5.41, 5.74) is 2.38. The normalized spacial score (nSPS) is 11.6. The molecule has 0 bridgehead atoms. The van der Waals surface area contributed by atoms with Gasteiger partial charge in [-0.15, -0.1) is 18.3 Å². The zero-order valence-corrected chi connectivity index (χ0v) is 16.2. The highest BCUT2D eigenvalue weighted by molar-refractivity contribution is 7.98. The highest BCUT2D eigenvalue weighted by Gasteiger charge is 2.31. The third-order valence-electron chi connectivity index (χ3n) is 3.93. The number of alkyl halides is 3. The molecular formula is C18H13F3N6O2S. The topological polar surface area (TPSA) is 91.8 Å². The number of benzene rings is 2. The van der Waals surface area contributed by atoms with E-state index >= 15 is 0 Å². The van der Waals surface area contributed by atoms with Crippen LogP contribution in [0.2, 0.25) is 0 Å². The number of tetrazole rings is 1. The van der Waals surface area contributed by atoms with Crippen LogP contribution in [0.25, 0.3) is 17.1 Å². The summed E-state index contributed by atoms with van der Waals surface area (Å²) in [7, 11) is 0. The van der Waals surface area contributed by atoms with Crippen LogP contribution in [-0.2, 0) is 5.75 Å². The molecule has 12 heteroatoms. The van der Waals surface area contributed by atoms with Gasteiger partial charge >= 0.3 is 6.36 Å². The first-order valence-electron chi connectivity index (χ1n) is 8.55. The molecule has 8 nitrogen and oxygen atoms in total. The van der Waals surface area contributed by atoms with E-state index in [1.54, 1.807) is 0 Å². The third kappa shape index (κ3) is 4.59. The maximum absolute atomic E-state index is 12.3. The van der Waals surface area contributed by atoms with Crippen LogP contribution in [0.1, 0.15) is 11.5 Å². The van der Waals surface area contributed by atoms with Gasteiger partial charge in [-0.05, 0) is 47.2 Å². The van der Waals surface area contributed by atoms with E-state index < -0.39 is 6.36 Å². The summed E-state index contributed by atoms with van der Waals surface area (Å²) in [6.45, 7) is 1.96. The van der Waals surface area contributed by atoms with Crippen molar-refractivity contribution in [3.63, 3.8) is 0 Å². The molecule has 0 radical (unpaired) electrons. The molecule has 4 aromatic rings. The Morgan fingerprint density at radius 1 is 1.10 bits per heavy atom. The third-order valence-corrected chi connectivity index (χ3v) is 4.84. The molecule has 0 fully saturated rings. The van der Waals surface area contributed by atoms with Crippen LogP contribution < -0.4 is 4.74 Å². The molecule has 0 unspecified atom stereocenters. The zero-order chi connectivity index (χ0) is 21.1. The van der Waals surface area contributed by atoms with Gasteiger partial charge < -0.3 is 9.26 Å². The van der Waals surface area contributed by atoms with Crippen molar-refractivity contribution in [2.75, 3.05) is 0 Å². The van der Waals surface area contributed by atoms with Gasteiger partial charge in [-0.3, -0.25) is 0 Å². The number of hydrogen-bond donors (Lipinski definition) is 0. The molecule has 0 amide bonds. The summed E-state index contributed by atoms with van der Waals surface area (Å²) >= 11 is 1.25. The fourth-order valence-corrected chi connectivity index (χ4v) is 3.32. The van der Waals surface area contributed by atoms with E-state index in [-0.39, 0.29) is 5.75 Å². The van der Waals surface area contributed by atoms with Crippen LogP contribution in [0, 0.1) is 6.92 Å². The summed E-state index contributed by atoms with van der Waals surface area (Å²) < 4.78 is 47.4. The van der Waals surface area contributed by atoms with Gasteiger partial charge in [-0.2, -0.15) is 9.67 Å². The average Bonchev–Trinajstić information content (AvgIpc) is 3.35. The second-order valence-corrected chi connectivity index (χ2v) is 6.97. The maximum atomic E-state index is 12.3. The molecule has 0 aliphatic rings. The largest absolute Gasteiger partial charge is 0.573 e. The minimum Gasteiger partial charge on any atom is -0.406 e. The molecule has 0 saturated heterocycles. The standard InChI is InChI=1S/C18H13F3N6O2S/c1-11-4-2-3-5-14(11)16-22-15(29-24-16)10-30-17-23-25-26-27(17)12-6-8-13(9-7-12)28-18(19,20)21/h2-9H,10H2,1H3. The Morgan fingerprint density at radius 2 is 1.87 bits per heavy atom. The molecule has 4 rings (SSSR count). The van der Waals surface area contributed by atoms with Crippen molar-refractivity contribution >= 4 is 11.8 Å². The lowest BCUT2D eigenvalue weighted by Crippen LogP contribution is -2.17. The molecule has 0 spiro atoms. The van der Waals surface area contributed by atoms with E-state index in [1.165, 1.54) is 40.7 Å². The second kappa shape index (κ2) is 8.14. The van der Waals surface area contributed by atoms with Crippen LogP contribution in [0.15, 0.2) is 58.2 Å². The first-order valence-corrected chi connectivity index (χ1v) is 9.53. The number of thioether (sulfide) groups is 1. The summed E-state index contributed by atoms with van der Waals surface area (Å²) in [5.74, 6) is 0.863. The van der Waals surface area contributed by atoms with Crippen molar-refractivity contribution < 1.29 is 22.4 Å². The van der Waals surface area contributed by atoms with Crippen molar-refractivity contribution in [3.05, 3.63) is 60.0 Å². The predicted octanol–water partition coefficient (Wildman–Crippen LogP) is 4.21. The molecule has 0 atom stereocenters. The van der Waals surface area contributed by atoms with E-state index in [1.807, 2.05) is 31.2 Å². The minimum absolute atomic E-state index is 0.314. The minimum atomic E-state index is -4.75. The first kappa shape index (κ1) is 19.9. The number of halogens is 3. The Kier molecular flexibility index (Phi) is 5.40. The summed E-state index contributed by atoms with van der Waals surface area (Å²) in [5, 5.41) is 15.8. The number of rotatable bonds is 6. The van der Waals surface area contributed by atoms with Crippen molar-refractivity contribution in [2.45, 2.75) is 24.2 Å². The summed E-state index contributed by atoms with van der Waals surface area (Å²) in [4.78, 5) is 4.39. The van der Waals surface area contributed by atoms with Crippen molar-refractivity contribution in [3.8, 4) is 22.8 Å². The Morgan fingerprint density at radius 3 is 2.60 bits per heavy atom. The van der Waals surface area contributed by atoms with Gasteiger partial charge in [0.2, 0.25) is 16.9 Å². The zero-order valence-electron chi connectivity index (χ0n) is 15.4. The number of hydrogen-bond acceptors (Lipinski definition) is 8. The quantitative estimate of drug-likeness (QED) is 0.417. The average molecular weight is 434 g/mol. The van der Waals surface area contributed by atoms with Crippen molar-refractivity contribution in [2.24, 2.45) is 0 Å². The molecular weight excluding hydrogens is 421 g/mol. The van der Waals surface area contributed by atoms with E-state index in [4.69, 9.17) is 4.52 Å². The van der Waals surface area contributed by atoms with E-state index in [9.17, 15) is 13.2 Å². The lowest BCUT2D eigenvalue weighted by atomic mass is 10.1. The van der Waals surface area contributed by atoms with Crippen LogP contribution in [0.4, 0.5) is 13.2 Å². The van der Waals surface area contributed by atoms with Gasteiger partial charge in [-0.25, -0.2) is 0 Å². The molecule has 0 N–H and O–H groups in total. The first-order chi connectivity index (χ1) is 14.4. The highest BCUT2D eigenvalue weighted by atomic mass is 32.2. The lowest BCUT2D eigenvalue weighted by molar-refractivity contribution is -0.274. The van der Waals surface area contributed by atoms with Gasteiger partial charge in [0.25, 0.3) is 0 Å². The number of aryl methyl sites for hydroxylation is 1. The van der Waals surface area contributed by atoms with Gasteiger partial charge in [0, 0.05) is 5.56 Å². The van der Waals surface area contributed by atoms with Crippen LogP contribution in [0.5, 0.6) is 5.75 Å². The number of aromatic nitrogens is 6. The molecule has 0 saturated carbocycles. The molecule has 2 heterocycles. The summed E-state index contributed by atoms with van der Waals surface area (Å²) in [6, 6.07) is 12.9. The van der Waals surface area contributed by atoms with Gasteiger partial charge in [0.15, 0.2) is 0 Å². The predicted molar refractivity (Wildman–Crippen MR) is 99.9 cm³/mol. The molecule has 2 aromatic heterocycles. The van der Waals surface area contributed by atoms with Crippen LogP contribution in [0.3, 0.4) is 0 Å². The molecule has 30 heavy (non-hydrogen) atoms. The molecule has 0 aliphatic carbocycles. The van der Waals surface area contributed by atoms with Crippen molar-refractivity contribution in [1.82, 2.24) is 30.3 Å². The monoisotopic (exact) mass is 434 g/mol. The van der Waals surface area contributed by atoms with E-state index in [2.05, 4.69) is 30.4 Å². The Hall–Kier alpha value is -3.41. The fourth-order valence-electron chi connectivity index (χ4n) is 2.59. The SMILES string of the molecule is Cc1ccccc1-c1noc(CSc2nnnn2-c2ccc(OC(F)(F)F)cc2)n1. The van der Waals surface area contributed by atoms with E-state index in [0.29, 0.717) is 28.3 Å². The highest BCUT2D eigenvalue weighted by Crippen LogP contribution is 2.27. The number of nitrogens with zero attached hydrogens (tertiary/aromatic N) is 6. The molecule has 2 aromatic carbocycles. The summed E-state index contributed by atoms with van der Waals surface area (Å²) in [6.07, 6.45) is -4.75. The Balaban J connectivity index is 1.45. The smallest absolute Gasteiger partial charge is 0.406 e. The van der Waals surface area contributed by atoms with Gasteiger partial charge in [0.05, 0.1) is 11.4 Å². The Labute approximate surface area is 172 Å². The lowest BCUT2D eigenvalue weighted by Gasteiger charge is -2.09.